The lowest BCUT2D eigenvalue weighted by Gasteiger charge is -2.36. The van der Waals surface area contributed by atoms with E-state index in [4.69, 9.17) is 0 Å². The Morgan fingerprint density at radius 1 is 1.20 bits per heavy atom. The van der Waals surface area contributed by atoms with Crippen LogP contribution in [0.15, 0.2) is 24.3 Å². The van der Waals surface area contributed by atoms with Crippen molar-refractivity contribution in [1.82, 2.24) is 10.2 Å². The van der Waals surface area contributed by atoms with Gasteiger partial charge in [0.05, 0.1) is 12.2 Å². The number of piperazine rings is 1. The van der Waals surface area contributed by atoms with Gasteiger partial charge in [0.1, 0.15) is 5.82 Å². The molecule has 0 bridgehead atoms. The SMILES string of the molecule is CC(=O)NCC(=O)N1CCN(c2ccccc2F)CC1. The van der Waals surface area contributed by atoms with Gasteiger partial charge >= 0.3 is 0 Å². The zero-order chi connectivity index (χ0) is 14.5. The van der Waals surface area contributed by atoms with Crippen molar-refractivity contribution < 1.29 is 14.0 Å². The summed E-state index contributed by atoms with van der Waals surface area (Å²) >= 11 is 0. The summed E-state index contributed by atoms with van der Waals surface area (Å²) in [7, 11) is 0. The monoisotopic (exact) mass is 279 g/mol. The van der Waals surface area contributed by atoms with E-state index in [9.17, 15) is 14.0 Å². The maximum atomic E-state index is 13.7. The Bertz CT molecular complexity index is 499. The topological polar surface area (TPSA) is 52.7 Å². The molecule has 1 aliphatic rings. The molecule has 108 valence electrons. The Hall–Kier alpha value is -2.11. The number of benzene rings is 1. The largest absolute Gasteiger partial charge is 0.366 e. The minimum atomic E-state index is -0.245. The summed E-state index contributed by atoms with van der Waals surface area (Å²) in [5.41, 5.74) is 0.571. The van der Waals surface area contributed by atoms with E-state index >= 15 is 0 Å². The Morgan fingerprint density at radius 2 is 1.85 bits per heavy atom. The van der Waals surface area contributed by atoms with Gasteiger partial charge in [0.2, 0.25) is 11.8 Å². The highest BCUT2D eigenvalue weighted by Gasteiger charge is 2.22. The molecule has 1 fully saturated rings. The summed E-state index contributed by atoms with van der Waals surface area (Å²) in [6, 6.07) is 6.63. The second-order valence-corrected chi connectivity index (χ2v) is 4.73. The standard InChI is InChI=1S/C14H18FN3O2/c1-11(19)16-10-14(20)18-8-6-17(7-9-18)13-5-3-2-4-12(13)15/h2-5H,6-10H2,1H3,(H,16,19). The number of halogens is 1. The first-order valence-corrected chi connectivity index (χ1v) is 6.59. The number of nitrogens with zero attached hydrogens (tertiary/aromatic N) is 2. The zero-order valence-electron chi connectivity index (χ0n) is 11.4. The summed E-state index contributed by atoms with van der Waals surface area (Å²) in [5, 5.41) is 2.49. The van der Waals surface area contributed by atoms with Crippen LogP contribution in [0, 0.1) is 5.82 Å². The van der Waals surface area contributed by atoms with Crippen LogP contribution in [0.1, 0.15) is 6.92 Å². The number of amides is 2. The van der Waals surface area contributed by atoms with Gasteiger partial charge in [0, 0.05) is 33.1 Å². The van der Waals surface area contributed by atoms with Gasteiger partial charge in [-0.2, -0.15) is 0 Å². The van der Waals surface area contributed by atoms with Gasteiger partial charge in [-0.3, -0.25) is 9.59 Å². The minimum Gasteiger partial charge on any atom is -0.366 e. The Morgan fingerprint density at radius 3 is 2.45 bits per heavy atom. The molecule has 1 aromatic rings. The van der Waals surface area contributed by atoms with Crippen LogP contribution < -0.4 is 10.2 Å². The van der Waals surface area contributed by atoms with Crippen LogP contribution in [-0.4, -0.2) is 49.4 Å². The van der Waals surface area contributed by atoms with E-state index in [-0.39, 0.29) is 24.2 Å². The first-order chi connectivity index (χ1) is 9.58. The van der Waals surface area contributed by atoms with E-state index < -0.39 is 0 Å². The van der Waals surface area contributed by atoms with E-state index in [1.807, 2.05) is 4.90 Å². The average Bonchev–Trinajstić information content (AvgIpc) is 2.45. The number of para-hydroxylation sites is 1. The fourth-order valence-electron chi connectivity index (χ4n) is 2.22. The number of hydrogen-bond donors (Lipinski definition) is 1. The van der Waals surface area contributed by atoms with Crippen molar-refractivity contribution in [3.05, 3.63) is 30.1 Å². The third-order valence-electron chi connectivity index (χ3n) is 3.31. The Kier molecular flexibility index (Phi) is 4.55. The zero-order valence-corrected chi connectivity index (χ0v) is 11.4. The van der Waals surface area contributed by atoms with Crippen LogP contribution in [0.5, 0.6) is 0 Å². The maximum absolute atomic E-state index is 13.7. The summed E-state index contributed by atoms with van der Waals surface area (Å²) in [6.07, 6.45) is 0. The van der Waals surface area contributed by atoms with Crippen LogP contribution >= 0.6 is 0 Å². The first-order valence-electron chi connectivity index (χ1n) is 6.59. The number of anilines is 1. The second kappa shape index (κ2) is 6.36. The Labute approximate surface area is 117 Å². The van der Waals surface area contributed by atoms with Crippen LogP contribution in [0.3, 0.4) is 0 Å². The molecule has 0 atom stereocenters. The molecule has 0 unspecified atom stereocenters. The van der Waals surface area contributed by atoms with E-state index in [0.29, 0.717) is 31.9 Å². The summed E-state index contributed by atoms with van der Waals surface area (Å²) in [4.78, 5) is 26.2. The molecule has 0 aliphatic carbocycles. The summed E-state index contributed by atoms with van der Waals surface area (Å²) in [6.45, 7) is 3.65. The molecular formula is C14H18FN3O2. The van der Waals surface area contributed by atoms with Crippen molar-refractivity contribution in [1.29, 1.82) is 0 Å². The predicted molar refractivity (Wildman–Crippen MR) is 73.9 cm³/mol. The van der Waals surface area contributed by atoms with E-state index in [0.717, 1.165) is 0 Å². The smallest absolute Gasteiger partial charge is 0.242 e. The van der Waals surface area contributed by atoms with Crippen LogP contribution in [-0.2, 0) is 9.59 Å². The molecule has 2 rings (SSSR count). The molecular weight excluding hydrogens is 261 g/mol. The quantitative estimate of drug-likeness (QED) is 0.882. The normalized spacial score (nSPS) is 15.1. The Balaban J connectivity index is 1.88. The highest BCUT2D eigenvalue weighted by molar-refractivity contribution is 5.83. The number of nitrogens with one attached hydrogen (secondary N) is 1. The van der Waals surface area contributed by atoms with E-state index in [1.54, 1.807) is 23.1 Å². The molecule has 2 amide bonds. The van der Waals surface area contributed by atoms with Crippen molar-refractivity contribution >= 4 is 17.5 Å². The van der Waals surface area contributed by atoms with Gasteiger partial charge in [0.25, 0.3) is 0 Å². The lowest BCUT2D eigenvalue weighted by molar-refractivity contribution is -0.132. The lowest BCUT2D eigenvalue weighted by atomic mass is 10.2. The van der Waals surface area contributed by atoms with Crippen LogP contribution in [0.4, 0.5) is 10.1 Å². The highest BCUT2D eigenvalue weighted by Crippen LogP contribution is 2.19. The molecule has 5 nitrogen and oxygen atoms in total. The molecule has 1 saturated heterocycles. The van der Waals surface area contributed by atoms with E-state index in [1.165, 1.54) is 13.0 Å². The fourth-order valence-corrected chi connectivity index (χ4v) is 2.22. The number of hydrogen-bond acceptors (Lipinski definition) is 3. The van der Waals surface area contributed by atoms with Crippen molar-refractivity contribution in [2.45, 2.75) is 6.92 Å². The van der Waals surface area contributed by atoms with Crippen molar-refractivity contribution in [2.24, 2.45) is 0 Å². The van der Waals surface area contributed by atoms with Crippen molar-refractivity contribution in [3.63, 3.8) is 0 Å². The lowest BCUT2D eigenvalue weighted by Crippen LogP contribution is -2.51. The predicted octanol–water partition coefficient (Wildman–Crippen LogP) is 0.610. The molecule has 1 N–H and O–H groups in total. The summed E-state index contributed by atoms with van der Waals surface area (Å²) < 4.78 is 13.7. The van der Waals surface area contributed by atoms with E-state index in [2.05, 4.69) is 5.32 Å². The molecule has 1 heterocycles. The van der Waals surface area contributed by atoms with Gasteiger partial charge in [-0.1, -0.05) is 12.1 Å². The molecule has 0 spiro atoms. The van der Waals surface area contributed by atoms with Gasteiger partial charge < -0.3 is 15.1 Å². The van der Waals surface area contributed by atoms with Crippen molar-refractivity contribution in [2.75, 3.05) is 37.6 Å². The molecule has 20 heavy (non-hydrogen) atoms. The van der Waals surface area contributed by atoms with Crippen LogP contribution in [0.25, 0.3) is 0 Å². The molecule has 1 aromatic carbocycles. The molecule has 0 radical (unpaired) electrons. The highest BCUT2D eigenvalue weighted by atomic mass is 19.1. The van der Waals surface area contributed by atoms with Crippen LogP contribution in [0.2, 0.25) is 0 Å². The maximum Gasteiger partial charge on any atom is 0.242 e. The molecule has 0 aromatic heterocycles. The average molecular weight is 279 g/mol. The number of carbonyl (C=O) groups is 2. The van der Waals surface area contributed by atoms with Gasteiger partial charge in [-0.05, 0) is 12.1 Å². The van der Waals surface area contributed by atoms with Gasteiger partial charge in [-0.25, -0.2) is 4.39 Å². The second-order valence-electron chi connectivity index (χ2n) is 4.73. The van der Waals surface area contributed by atoms with Crippen molar-refractivity contribution in [3.8, 4) is 0 Å². The molecule has 6 heteroatoms. The minimum absolute atomic E-state index is 0.0228. The van der Waals surface area contributed by atoms with Gasteiger partial charge in [0.15, 0.2) is 0 Å². The number of carbonyl (C=O) groups excluding carboxylic acids is 2. The summed E-state index contributed by atoms with van der Waals surface area (Å²) in [5.74, 6) is -0.567. The fraction of sp³-hybridized carbons (Fsp3) is 0.429. The molecule has 0 saturated carbocycles. The van der Waals surface area contributed by atoms with Gasteiger partial charge in [-0.15, -0.1) is 0 Å². The third kappa shape index (κ3) is 3.46. The first kappa shape index (κ1) is 14.3. The third-order valence-corrected chi connectivity index (χ3v) is 3.31. The number of rotatable bonds is 3. The molecule has 1 aliphatic heterocycles.